The van der Waals surface area contributed by atoms with Crippen molar-refractivity contribution in [1.82, 2.24) is 15.5 Å². The SMILES string of the molecule is CCCCCCCCCCCCCCCCCC(=O)N(CCCCCCNC(=O)O[C@H]1CC[C@@]2(C)C(=CC[C@H]3[C@@H]4CC[C@H]([C@H](C)CCCC(C)C)[C@@]4(C)CC[C@@H]32)C1)CC(=O)NCCCCN. The van der Waals surface area contributed by atoms with Crippen molar-refractivity contribution in [3.05, 3.63) is 11.6 Å². The number of ether oxygens (including phenoxy) is 1. The van der Waals surface area contributed by atoms with Gasteiger partial charge in [-0.25, -0.2) is 4.79 Å². The highest BCUT2D eigenvalue weighted by Crippen LogP contribution is 2.67. The predicted molar refractivity (Wildman–Crippen MR) is 277 cm³/mol. The Morgan fingerprint density at radius 2 is 1.33 bits per heavy atom. The first-order chi connectivity index (χ1) is 31.9. The molecule has 0 radical (unpaired) electrons. The summed E-state index contributed by atoms with van der Waals surface area (Å²) in [6.45, 7) is 17.4. The lowest BCUT2D eigenvalue weighted by atomic mass is 9.47. The van der Waals surface area contributed by atoms with Crippen LogP contribution in [0.25, 0.3) is 0 Å². The number of nitrogens with two attached hydrogens (primary N) is 1. The molecule has 4 aliphatic carbocycles. The molecular weight excluding hydrogens is 817 g/mol. The lowest BCUT2D eigenvalue weighted by molar-refractivity contribution is -0.136. The highest BCUT2D eigenvalue weighted by atomic mass is 16.6. The number of hydrogen-bond donors (Lipinski definition) is 3. The number of hydrogen-bond acceptors (Lipinski definition) is 5. The first kappa shape index (κ1) is 56.5. The minimum atomic E-state index is -0.279. The number of carbonyl (C=O) groups excluding carboxylic acids is 3. The van der Waals surface area contributed by atoms with Crippen LogP contribution in [0.1, 0.15) is 253 Å². The van der Waals surface area contributed by atoms with E-state index in [4.69, 9.17) is 10.5 Å². The van der Waals surface area contributed by atoms with Gasteiger partial charge in [-0.05, 0) is 130 Å². The van der Waals surface area contributed by atoms with Crippen LogP contribution in [-0.2, 0) is 14.3 Å². The van der Waals surface area contributed by atoms with E-state index in [2.05, 4.69) is 58.3 Å². The maximum atomic E-state index is 13.3. The Bertz CT molecular complexity index is 1400. The number of allylic oxidation sites excluding steroid dienone is 1. The second-order valence-electron chi connectivity index (χ2n) is 23.3. The first-order valence-corrected chi connectivity index (χ1v) is 28.8. The molecule has 66 heavy (non-hydrogen) atoms. The summed E-state index contributed by atoms with van der Waals surface area (Å²) in [4.78, 5) is 40.9. The van der Waals surface area contributed by atoms with Crippen LogP contribution in [0.5, 0.6) is 0 Å². The normalized spacial score (nSPS) is 26.2. The van der Waals surface area contributed by atoms with Crippen molar-refractivity contribution in [3.63, 3.8) is 0 Å². The van der Waals surface area contributed by atoms with E-state index >= 15 is 0 Å². The second kappa shape index (κ2) is 31.2. The summed E-state index contributed by atoms with van der Waals surface area (Å²) in [6.07, 6.45) is 41.7. The Kier molecular flexibility index (Phi) is 26.7. The minimum Gasteiger partial charge on any atom is -0.446 e. The fraction of sp³-hybridized carbons (Fsp3) is 0.914. The smallest absolute Gasteiger partial charge is 0.407 e. The van der Waals surface area contributed by atoms with Crippen LogP contribution >= 0.6 is 0 Å². The molecule has 4 rings (SSSR count). The Morgan fingerprint density at radius 1 is 0.712 bits per heavy atom. The van der Waals surface area contributed by atoms with Crippen LogP contribution in [0.4, 0.5) is 4.79 Å². The zero-order valence-corrected chi connectivity index (χ0v) is 44.1. The van der Waals surface area contributed by atoms with Crippen molar-refractivity contribution in [2.75, 3.05) is 32.7 Å². The maximum Gasteiger partial charge on any atom is 0.407 e. The van der Waals surface area contributed by atoms with E-state index in [0.29, 0.717) is 38.0 Å². The molecule has 382 valence electrons. The average molecular weight is 924 g/mol. The molecule has 0 aromatic heterocycles. The second-order valence-corrected chi connectivity index (χ2v) is 23.3. The van der Waals surface area contributed by atoms with Crippen molar-refractivity contribution in [3.8, 4) is 0 Å². The molecule has 3 saturated carbocycles. The van der Waals surface area contributed by atoms with E-state index in [-0.39, 0.29) is 36.0 Å². The molecule has 8 heteroatoms. The van der Waals surface area contributed by atoms with Gasteiger partial charge in [0.05, 0.1) is 6.54 Å². The molecule has 4 N–H and O–H groups in total. The molecular formula is C58H106N4O4. The summed E-state index contributed by atoms with van der Waals surface area (Å²) in [5.74, 6) is 5.00. The number of fused-ring (bicyclic) bond motifs is 5. The molecule has 0 aromatic rings. The third kappa shape index (κ3) is 18.7. The summed E-state index contributed by atoms with van der Waals surface area (Å²) in [7, 11) is 0. The topological polar surface area (TPSA) is 114 Å². The maximum absolute atomic E-state index is 13.3. The quantitative estimate of drug-likeness (QED) is 0.0433. The molecule has 0 unspecified atom stereocenters. The van der Waals surface area contributed by atoms with E-state index in [1.165, 1.54) is 135 Å². The largest absolute Gasteiger partial charge is 0.446 e. The van der Waals surface area contributed by atoms with Crippen molar-refractivity contribution in [2.24, 2.45) is 52.1 Å². The van der Waals surface area contributed by atoms with E-state index in [1.54, 1.807) is 10.5 Å². The van der Waals surface area contributed by atoms with E-state index in [1.807, 2.05) is 0 Å². The number of nitrogens with zero attached hydrogens (tertiary/aromatic N) is 1. The third-order valence-corrected chi connectivity index (χ3v) is 17.8. The summed E-state index contributed by atoms with van der Waals surface area (Å²) >= 11 is 0. The van der Waals surface area contributed by atoms with Crippen molar-refractivity contribution < 1.29 is 19.1 Å². The zero-order valence-electron chi connectivity index (χ0n) is 44.1. The van der Waals surface area contributed by atoms with Gasteiger partial charge in [-0.15, -0.1) is 0 Å². The van der Waals surface area contributed by atoms with Crippen LogP contribution in [0.3, 0.4) is 0 Å². The molecule has 4 aliphatic rings. The number of carbonyl (C=O) groups is 3. The monoisotopic (exact) mass is 923 g/mol. The summed E-state index contributed by atoms with van der Waals surface area (Å²) in [5.41, 5.74) is 7.95. The molecule has 0 aromatic carbocycles. The molecule has 0 bridgehead atoms. The summed E-state index contributed by atoms with van der Waals surface area (Å²) in [5, 5.41) is 6.03. The fourth-order valence-electron chi connectivity index (χ4n) is 13.7. The van der Waals surface area contributed by atoms with Gasteiger partial charge in [0.1, 0.15) is 6.10 Å². The van der Waals surface area contributed by atoms with Gasteiger partial charge in [-0.3, -0.25) is 9.59 Å². The van der Waals surface area contributed by atoms with Crippen LogP contribution in [-0.4, -0.2) is 61.6 Å². The van der Waals surface area contributed by atoms with Gasteiger partial charge in [0.15, 0.2) is 0 Å². The van der Waals surface area contributed by atoms with E-state index in [9.17, 15) is 14.4 Å². The number of amides is 3. The molecule has 0 heterocycles. The highest BCUT2D eigenvalue weighted by molar-refractivity contribution is 5.84. The molecule has 8 atom stereocenters. The molecule has 8 nitrogen and oxygen atoms in total. The molecule has 0 spiro atoms. The third-order valence-electron chi connectivity index (χ3n) is 17.8. The van der Waals surface area contributed by atoms with Gasteiger partial charge in [-0.1, -0.05) is 175 Å². The van der Waals surface area contributed by atoms with Crippen LogP contribution in [0.2, 0.25) is 0 Å². The van der Waals surface area contributed by atoms with E-state index < -0.39 is 0 Å². The van der Waals surface area contributed by atoms with Crippen LogP contribution < -0.4 is 16.4 Å². The van der Waals surface area contributed by atoms with E-state index in [0.717, 1.165) is 106 Å². The zero-order chi connectivity index (χ0) is 47.6. The number of nitrogens with one attached hydrogen (secondary N) is 2. The molecule has 0 aliphatic heterocycles. The van der Waals surface area contributed by atoms with Gasteiger partial charge >= 0.3 is 6.09 Å². The number of rotatable bonds is 35. The number of alkyl carbamates (subject to hydrolysis) is 1. The highest BCUT2D eigenvalue weighted by Gasteiger charge is 2.59. The lowest BCUT2D eigenvalue weighted by Gasteiger charge is -2.58. The van der Waals surface area contributed by atoms with Gasteiger partial charge in [0, 0.05) is 32.5 Å². The Morgan fingerprint density at radius 3 is 2.00 bits per heavy atom. The van der Waals surface area contributed by atoms with Gasteiger partial charge < -0.3 is 26.0 Å². The lowest BCUT2D eigenvalue weighted by Crippen LogP contribution is -2.51. The summed E-state index contributed by atoms with van der Waals surface area (Å²) in [6, 6.07) is 0. The standard InChI is InChI=1S/C58H106N4O4/c1-7-8-9-10-11-12-13-14-15-16-17-18-19-20-23-31-55(64)62(45-54(63)60-41-26-24-40-59)43-27-22-21-25-42-61-56(65)66-49-36-38-57(5)48(44-49)32-33-50-52-35-34-51(47(4)30-28-29-46(2)3)58(52,6)39-37-53(50)57/h32,46-47,49-53H,7-31,33-45,59H2,1-6H3,(H,60,63)(H,61,65)/t47-,49+,50+,51-,52+,53+,57+,58-/m1/s1. The Labute approximate surface area is 407 Å². The minimum absolute atomic E-state index is 0.0342. The first-order valence-electron chi connectivity index (χ1n) is 28.8. The predicted octanol–water partition coefficient (Wildman–Crippen LogP) is 14.6. The van der Waals surface area contributed by atoms with Crippen LogP contribution in [0.15, 0.2) is 11.6 Å². The molecule has 0 saturated heterocycles. The van der Waals surface area contributed by atoms with Gasteiger partial charge in [0.25, 0.3) is 0 Å². The average Bonchev–Trinajstić information content (AvgIpc) is 3.65. The summed E-state index contributed by atoms with van der Waals surface area (Å²) < 4.78 is 6.07. The Balaban J connectivity index is 1.09. The Hall–Kier alpha value is -2.09. The van der Waals surface area contributed by atoms with Gasteiger partial charge in [0.2, 0.25) is 11.8 Å². The van der Waals surface area contributed by atoms with Crippen molar-refractivity contribution >= 4 is 17.9 Å². The molecule has 3 fully saturated rings. The van der Waals surface area contributed by atoms with Crippen LogP contribution in [0, 0.1) is 46.3 Å². The van der Waals surface area contributed by atoms with Crippen molar-refractivity contribution in [1.29, 1.82) is 0 Å². The van der Waals surface area contributed by atoms with Gasteiger partial charge in [-0.2, -0.15) is 0 Å². The molecule has 3 amide bonds. The van der Waals surface area contributed by atoms with Crippen molar-refractivity contribution in [2.45, 2.75) is 260 Å². The fourth-order valence-corrected chi connectivity index (χ4v) is 13.7. The number of unbranched alkanes of at least 4 members (excludes halogenated alkanes) is 18.